The molecule has 1 atom stereocenters. The summed E-state index contributed by atoms with van der Waals surface area (Å²) < 4.78 is 38.3. The Hall–Kier alpha value is -1.82. The van der Waals surface area contributed by atoms with Gasteiger partial charge in [0.2, 0.25) is 0 Å². The molecule has 0 radical (unpaired) electrons. The Labute approximate surface area is 127 Å². The number of alkyl halides is 3. The maximum Gasteiger partial charge on any atom is 0.416 e. The largest absolute Gasteiger partial charge is 0.416 e. The standard InChI is InChI=1S/C16H19F3N2O/c1-10(2)13(6-8-22)21-14-5-7-20-15-9-11(16(17,18)19)3-4-12(14)15/h3-5,7,9-10,13,22H,6,8H2,1-2H3,(H,20,21). The van der Waals surface area contributed by atoms with Gasteiger partial charge >= 0.3 is 6.18 Å². The van der Waals surface area contributed by atoms with Crippen molar-refractivity contribution in [2.75, 3.05) is 11.9 Å². The minimum absolute atomic E-state index is 0.0397. The number of fused-ring (bicyclic) bond motifs is 1. The molecule has 0 aliphatic heterocycles. The Morgan fingerprint density at radius 3 is 2.55 bits per heavy atom. The van der Waals surface area contributed by atoms with Crippen molar-refractivity contribution in [1.82, 2.24) is 4.98 Å². The molecule has 1 heterocycles. The number of rotatable bonds is 5. The molecule has 120 valence electrons. The Bertz CT molecular complexity index is 641. The molecule has 0 spiro atoms. The first-order valence-corrected chi connectivity index (χ1v) is 7.16. The highest BCUT2D eigenvalue weighted by molar-refractivity contribution is 5.91. The van der Waals surface area contributed by atoms with E-state index in [9.17, 15) is 13.2 Å². The molecule has 0 saturated carbocycles. The molecule has 1 aromatic carbocycles. The topological polar surface area (TPSA) is 45.1 Å². The smallest absolute Gasteiger partial charge is 0.396 e. The van der Waals surface area contributed by atoms with Crippen LogP contribution in [0.4, 0.5) is 18.9 Å². The van der Waals surface area contributed by atoms with Gasteiger partial charge in [0.1, 0.15) is 0 Å². The third-order valence-electron chi connectivity index (χ3n) is 3.66. The van der Waals surface area contributed by atoms with Gasteiger partial charge < -0.3 is 10.4 Å². The molecule has 2 N–H and O–H groups in total. The van der Waals surface area contributed by atoms with E-state index >= 15 is 0 Å². The summed E-state index contributed by atoms with van der Waals surface area (Å²) in [4.78, 5) is 4.02. The van der Waals surface area contributed by atoms with Gasteiger partial charge in [0.15, 0.2) is 0 Å². The van der Waals surface area contributed by atoms with Gasteiger partial charge in [-0.05, 0) is 30.5 Å². The molecule has 1 aromatic heterocycles. The number of aromatic nitrogens is 1. The summed E-state index contributed by atoms with van der Waals surface area (Å²) >= 11 is 0. The zero-order chi connectivity index (χ0) is 16.3. The number of pyridine rings is 1. The highest BCUT2D eigenvalue weighted by Crippen LogP contribution is 2.33. The number of aliphatic hydroxyl groups excluding tert-OH is 1. The Morgan fingerprint density at radius 2 is 1.95 bits per heavy atom. The second-order valence-corrected chi connectivity index (χ2v) is 5.60. The highest BCUT2D eigenvalue weighted by atomic mass is 19.4. The fraction of sp³-hybridized carbons (Fsp3) is 0.438. The average molecular weight is 312 g/mol. The molecule has 2 rings (SSSR count). The SMILES string of the molecule is CC(C)C(CCO)Nc1ccnc2cc(C(F)(F)F)ccc12. The number of benzene rings is 1. The lowest BCUT2D eigenvalue weighted by Crippen LogP contribution is -2.26. The lowest BCUT2D eigenvalue weighted by molar-refractivity contribution is -0.137. The summed E-state index contributed by atoms with van der Waals surface area (Å²) in [5, 5.41) is 13.1. The maximum absolute atomic E-state index is 12.8. The number of hydrogen-bond donors (Lipinski definition) is 2. The van der Waals surface area contributed by atoms with Crippen LogP contribution in [0, 0.1) is 5.92 Å². The quantitative estimate of drug-likeness (QED) is 0.874. The molecule has 0 bridgehead atoms. The zero-order valence-electron chi connectivity index (χ0n) is 12.5. The van der Waals surface area contributed by atoms with Crippen LogP contribution in [0.15, 0.2) is 30.5 Å². The van der Waals surface area contributed by atoms with E-state index in [4.69, 9.17) is 5.11 Å². The first-order chi connectivity index (χ1) is 10.3. The molecule has 2 aromatic rings. The van der Waals surface area contributed by atoms with Gasteiger partial charge in [0.25, 0.3) is 0 Å². The van der Waals surface area contributed by atoms with Gasteiger partial charge in [0.05, 0.1) is 11.1 Å². The zero-order valence-corrected chi connectivity index (χ0v) is 12.5. The molecule has 0 saturated heterocycles. The average Bonchev–Trinajstić information content (AvgIpc) is 2.45. The first kappa shape index (κ1) is 16.5. The van der Waals surface area contributed by atoms with E-state index in [1.165, 1.54) is 12.3 Å². The second-order valence-electron chi connectivity index (χ2n) is 5.60. The van der Waals surface area contributed by atoms with Crippen molar-refractivity contribution in [2.45, 2.75) is 32.5 Å². The van der Waals surface area contributed by atoms with Crippen molar-refractivity contribution in [3.63, 3.8) is 0 Å². The van der Waals surface area contributed by atoms with Crippen LogP contribution in [0.5, 0.6) is 0 Å². The summed E-state index contributed by atoms with van der Waals surface area (Å²) in [5.41, 5.74) is 0.317. The number of aliphatic hydroxyl groups is 1. The maximum atomic E-state index is 12.8. The molecule has 3 nitrogen and oxygen atoms in total. The summed E-state index contributed by atoms with van der Waals surface area (Å²) in [5.74, 6) is 0.282. The second kappa shape index (κ2) is 6.52. The van der Waals surface area contributed by atoms with Crippen LogP contribution in [-0.4, -0.2) is 22.7 Å². The van der Waals surface area contributed by atoms with Gasteiger partial charge in [-0.3, -0.25) is 4.98 Å². The third-order valence-corrected chi connectivity index (χ3v) is 3.66. The van der Waals surface area contributed by atoms with E-state index in [-0.39, 0.29) is 18.6 Å². The predicted octanol–water partition coefficient (Wildman–Crippen LogP) is 4.07. The van der Waals surface area contributed by atoms with Crippen molar-refractivity contribution >= 4 is 16.6 Å². The normalized spacial score (nSPS) is 13.6. The molecule has 0 aliphatic rings. The van der Waals surface area contributed by atoms with E-state index in [1.54, 1.807) is 6.07 Å². The monoisotopic (exact) mass is 312 g/mol. The van der Waals surface area contributed by atoms with Crippen molar-refractivity contribution in [3.05, 3.63) is 36.0 Å². The Morgan fingerprint density at radius 1 is 1.23 bits per heavy atom. The van der Waals surface area contributed by atoms with Gasteiger partial charge in [-0.1, -0.05) is 19.9 Å². The Balaban J connectivity index is 2.39. The molecular weight excluding hydrogens is 293 g/mol. The molecular formula is C16H19F3N2O. The van der Waals surface area contributed by atoms with Crippen molar-refractivity contribution < 1.29 is 18.3 Å². The van der Waals surface area contributed by atoms with Crippen molar-refractivity contribution in [3.8, 4) is 0 Å². The summed E-state index contributed by atoms with van der Waals surface area (Å²) in [6.07, 6.45) is -2.32. The van der Waals surface area contributed by atoms with Crippen molar-refractivity contribution in [1.29, 1.82) is 0 Å². The van der Waals surface area contributed by atoms with Crippen LogP contribution < -0.4 is 5.32 Å². The number of nitrogens with one attached hydrogen (secondary N) is 1. The summed E-state index contributed by atoms with van der Waals surface area (Å²) in [7, 11) is 0. The van der Waals surface area contributed by atoms with Crippen LogP contribution in [0.1, 0.15) is 25.8 Å². The molecule has 0 aliphatic carbocycles. The minimum Gasteiger partial charge on any atom is -0.396 e. The first-order valence-electron chi connectivity index (χ1n) is 7.16. The lowest BCUT2D eigenvalue weighted by atomic mass is 10.0. The molecule has 0 amide bonds. The van der Waals surface area contributed by atoms with Crippen LogP contribution in [0.3, 0.4) is 0 Å². The molecule has 0 fully saturated rings. The van der Waals surface area contributed by atoms with Crippen LogP contribution in [0.25, 0.3) is 10.9 Å². The lowest BCUT2D eigenvalue weighted by Gasteiger charge is -2.23. The summed E-state index contributed by atoms with van der Waals surface area (Å²) in [6.45, 7) is 4.11. The highest BCUT2D eigenvalue weighted by Gasteiger charge is 2.30. The van der Waals surface area contributed by atoms with Crippen LogP contribution in [0.2, 0.25) is 0 Å². The fourth-order valence-corrected chi connectivity index (χ4v) is 2.36. The molecule has 22 heavy (non-hydrogen) atoms. The molecule has 6 heteroatoms. The molecule has 1 unspecified atom stereocenters. The van der Waals surface area contributed by atoms with Crippen LogP contribution >= 0.6 is 0 Å². The Kier molecular flexibility index (Phi) is 4.90. The van der Waals surface area contributed by atoms with Crippen molar-refractivity contribution in [2.24, 2.45) is 5.92 Å². The number of halogens is 3. The van der Waals surface area contributed by atoms with E-state index in [0.29, 0.717) is 17.3 Å². The number of hydrogen-bond acceptors (Lipinski definition) is 3. The summed E-state index contributed by atoms with van der Waals surface area (Å²) in [6, 6.07) is 5.33. The van der Waals surface area contributed by atoms with Crippen LogP contribution in [-0.2, 0) is 6.18 Å². The van der Waals surface area contributed by atoms with Gasteiger partial charge in [-0.25, -0.2) is 0 Å². The van der Waals surface area contributed by atoms with Gasteiger partial charge in [-0.2, -0.15) is 13.2 Å². The van der Waals surface area contributed by atoms with E-state index in [2.05, 4.69) is 10.3 Å². The third kappa shape index (κ3) is 3.68. The minimum atomic E-state index is -4.38. The number of nitrogens with zero attached hydrogens (tertiary/aromatic N) is 1. The van der Waals surface area contributed by atoms with Gasteiger partial charge in [-0.15, -0.1) is 0 Å². The predicted molar refractivity (Wildman–Crippen MR) is 80.7 cm³/mol. The van der Waals surface area contributed by atoms with E-state index in [0.717, 1.165) is 17.8 Å². The van der Waals surface area contributed by atoms with E-state index in [1.807, 2.05) is 13.8 Å². The fourth-order valence-electron chi connectivity index (χ4n) is 2.36. The van der Waals surface area contributed by atoms with E-state index < -0.39 is 11.7 Å². The van der Waals surface area contributed by atoms with Gasteiger partial charge in [0, 0.05) is 29.9 Å². The number of anilines is 1.